The highest BCUT2D eigenvalue weighted by atomic mass is 16.4. The Bertz CT molecular complexity index is 900. The summed E-state index contributed by atoms with van der Waals surface area (Å²) in [5, 5.41) is 13.8. The van der Waals surface area contributed by atoms with Crippen LogP contribution in [0.2, 0.25) is 0 Å². The first-order valence-corrected chi connectivity index (χ1v) is 8.76. The SMILES string of the molecule is CCCCc1nc(C)nn1Cc1ccc(-c2ccccc2C(=O)O)nc1. The van der Waals surface area contributed by atoms with Crippen molar-refractivity contribution in [2.45, 2.75) is 39.7 Å². The molecule has 0 spiro atoms. The summed E-state index contributed by atoms with van der Waals surface area (Å²) < 4.78 is 1.92. The fourth-order valence-corrected chi connectivity index (χ4v) is 2.89. The molecular formula is C20H22N4O2. The molecule has 0 amide bonds. The Balaban J connectivity index is 1.82. The fraction of sp³-hybridized carbons (Fsp3) is 0.300. The van der Waals surface area contributed by atoms with Crippen molar-refractivity contribution in [3.05, 3.63) is 65.4 Å². The lowest BCUT2D eigenvalue weighted by Gasteiger charge is -2.08. The zero-order valence-electron chi connectivity index (χ0n) is 15.0. The number of nitrogens with zero attached hydrogens (tertiary/aromatic N) is 4. The van der Waals surface area contributed by atoms with Gasteiger partial charge in [-0.15, -0.1) is 0 Å². The van der Waals surface area contributed by atoms with Gasteiger partial charge in [0.15, 0.2) is 0 Å². The van der Waals surface area contributed by atoms with E-state index in [-0.39, 0.29) is 5.56 Å². The number of pyridine rings is 1. The predicted octanol–water partition coefficient (Wildman–Crippen LogP) is 3.74. The highest BCUT2D eigenvalue weighted by molar-refractivity contribution is 5.95. The number of carboxylic acids is 1. The molecule has 0 saturated carbocycles. The highest BCUT2D eigenvalue weighted by Gasteiger charge is 2.12. The molecule has 6 nitrogen and oxygen atoms in total. The number of unbranched alkanes of at least 4 members (excludes halogenated alkanes) is 1. The van der Waals surface area contributed by atoms with Crippen molar-refractivity contribution in [2.24, 2.45) is 0 Å². The molecule has 0 aliphatic heterocycles. The maximum absolute atomic E-state index is 11.4. The van der Waals surface area contributed by atoms with Crippen LogP contribution in [0.4, 0.5) is 0 Å². The molecule has 1 aromatic carbocycles. The third kappa shape index (κ3) is 3.96. The Hall–Kier alpha value is -3.02. The first-order valence-electron chi connectivity index (χ1n) is 8.76. The van der Waals surface area contributed by atoms with Crippen LogP contribution in [-0.4, -0.2) is 30.8 Å². The first kappa shape index (κ1) is 17.8. The standard InChI is InChI=1S/C20H22N4O2/c1-3-4-9-19-22-14(2)23-24(19)13-15-10-11-18(21-12-15)16-7-5-6-8-17(16)20(25)26/h5-8,10-12H,3-4,9,13H2,1-2H3,(H,25,26). The molecule has 0 bridgehead atoms. The lowest BCUT2D eigenvalue weighted by molar-refractivity contribution is 0.0697. The van der Waals surface area contributed by atoms with E-state index in [1.807, 2.05) is 29.8 Å². The van der Waals surface area contributed by atoms with E-state index in [1.54, 1.807) is 24.4 Å². The van der Waals surface area contributed by atoms with Gasteiger partial charge >= 0.3 is 5.97 Å². The van der Waals surface area contributed by atoms with Gasteiger partial charge in [-0.1, -0.05) is 37.6 Å². The van der Waals surface area contributed by atoms with E-state index in [9.17, 15) is 9.90 Å². The predicted molar refractivity (Wildman–Crippen MR) is 99.1 cm³/mol. The number of aromatic carboxylic acids is 1. The Morgan fingerprint density at radius 2 is 2.00 bits per heavy atom. The van der Waals surface area contributed by atoms with Gasteiger partial charge in [-0.3, -0.25) is 4.98 Å². The van der Waals surface area contributed by atoms with Gasteiger partial charge < -0.3 is 5.11 Å². The number of aryl methyl sites for hydroxylation is 2. The summed E-state index contributed by atoms with van der Waals surface area (Å²) in [6, 6.07) is 10.7. The van der Waals surface area contributed by atoms with Crippen molar-refractivity contribution in [2.75, 3.05) is 0 Å². The van der Waals surface area contributed by atoms with Crippen LogP contribution in [0.3, 0.4) is 0 Å². The second-order valence-corrected chi connectivity index (χ2v) is 6.24. The molecule has 134 valence electrons. The van der Waals surface area contributed by atoms with E-state index >= 15 is 0 Å². The highest BCUT2D eigenvalue weighted by Crippen LogP contribution is 2.22. The minimum absolute atomic E-state index is 0.251. The molecule has 2 aromatic heterocycles. The molecule has 0 unspecified atom stereocenters. The van der Waals surface area contributed by atoms with Gasteiger partial charge in [0.25, 0.3) is 0 Å². The molecule has 0 aliphatic rings. The molecule has 0 aliphatic carbocycles. The van der Waals surface area contributed by atoms with E-state index in [0.717, 1.165) is 36.5 Å². The average Bonchev–Trinajstić information content (AvgIpc) is 2.99. The van der Waals surface area contributed by atoms with E-state index in [2.05, 4.69) is 22.0 Å². The molecular weight excluding hydrogens is 328 g/mol. The van der Waals surface area contributed by atoms with Crippen molar-refractivity contribution in [1.82, 2.24) is 19.7 Å². The maximum atomic E-state index is 11.4. The van der Waals surface area contributed by atoms with E-state index in [4.69, 9.17) is 0 Å². The molecule has 0 fully saturated rings. The second kappa shape index (κ2) is 7.91. The van der Waals surface area contributed by atoms with Crippen LogP contribution in [0.5, 0.6) is 0 Å². The molecule has 3 aromatic rings. The van der Waals surface area contributed by atoms with Crippen LogP contribution in [0, 0.1) is 6.92 Å². The summed E-state index contributed by atoms with van der Waals surface area (Å²) in [6.45, 7) is 4.66. The van der Waals surface area contributed by atoms with Gasteiger partial charge in [0.1, 0.15) is 11.6 Å². The molecule has 6 heteroatoms. The van der Waals surface area contributed by atoms with Gasteiger partial charge in [0.05, 0.1) is 17.8 Å². The van der Waals surface area contributed by atoms with Gasteiger partial charge in [-0.2, -0.15) is 5.10 Å². The molecule has 3 rings (SSSR count). The monoisotopic (exact) mass is 350 g/mol. The van der Waals surface area contributed by atoms with E-state index in [1.165, 1.54) is 0 Å². The number of benzene rings is 1. The largest absolute Gasteiger partial charge is 0.478 e. The zero-order valence-corrected chi connectivity index (χ0v) is 15.0. The third-order valence-electron chi connectivity index (χ3n) is 4.20. The molecule has 0 saturated heterocycles. The maximum Gasteiger partial charge on any atom is 0.336 e. The Morgan fingerprint density at radius 3 is 2.69 bits per heavy atom. The van der Waals surface area contributed by atoms with Crippen LogP contribution in [0.25, 0.3) is 11.3 Å². The normalized spacial score (nSPS) is 10.8. The van der Waals surface area contributed by atoms with Crippen LogP contribution < -0.4 is 0 Å². The summed E-state index contributed by atoms with van der Waals surface area (Å²) in [5.74, 6) is 0.811. The number of carboxylic acid groups (broad SMARTS) is 1. The van der Waals surface area contributed by atoms with Crippen LogP contribution in [0.1, 0.15) is 47.3 Å². The van der Waals surface area contributed by atoms with Crippen LogP contribution in [0.15, 0.2) is 42.6 Å². The topological polar surface area (TPSA) is 80.9 Å². The zero-order chi connectivity index (χ0) is 18.5. The van der Waals surface area contributed by atoms with Crippen molar-refractivity contribution in [3.8, 4) is 11.3 Å². The van der Waals surface area contributed by atoms with Gasteiger partial charge in [-0.25, -0.2) is 14.5 Å². The van der Waals surface area contributed by atoms with Crippen LogP contribution >= 0.6 is 0 Å². The van der Waals surface area contributed by atoms with Crippen molar-refractivity contribution in [1.29, 1.82) is 0 Å². The Morgan fingerprint density at radius 1 is 1.19 bits per heavy atom. The average molecular weight is 350 g/mol. The van der Waals surface area contributed by atoms with Gasteiger partial charge in [-0.05, 0) is 31.0 Å². The van der Waals surface area contributed by atoms with Crippen molar-refractivity contribution in [3.63, 3.8) is 0 Å². The molecule has 26 heavy (non-hydrogen) atoms. The summed E-state index contributed by atoms with van der Waals surface area (Å²) in [7, 11) is 0. The van der Waals surface area contributed by atoms with Crippen molar-refractivity contribution < 1.29 is 9.90 Å². The lowest BCUT2D eigenvalue weighted by atomic mass is 10.0. The summed E-state index contributed by atoms with van der Waals surface area (Å²) in [4.78, 5) is 20.4. The van der Waals surface area contributed by atoms with E-state index < -0.39 is 5.97 Å². The Labute approximate surface area is 152 Å². The smallest absolute Gasteiger partial charge is 0.336 e. The number of aromatic nitrogens is 4. The van der Waals surface area contributed by atoms with Crippen molar-refractivity contribution >= 4 is 5.97 Å². The quantitative estimate of drug-likeness (QED) is 0.702. The molecule has 1 N–H and O–H groups in total. The minimum Gasteiger partial charge on any atom is -0.478 e. The van der Waals surface area contributed by atoms with Crippen LogP contribution in [-0.2, 0) is 13.0 Å². The first-order chi connectivity index (χ1) is 12.6. The molecule has 0 radical (unpaired) electrons. The third-order valence-corrected chi connectivity index (χ3v) is 4.20. The summed E-state index contributed by atoms with van der Waals surface area (Å²) in [6.07, 6.45) is 4.88. The molecule has 0 atom stereocenters. The summed E-state index contributed by atoms with van der Waals surface area (Å²) in [5.41, 5.74) is 2.52. The van der Waals surface area contributed by atoms with Gasteiger partial charge in [0, 0.05) is 18.2 Å². The number of carbonyl (C=O) groups is 1. The Kier molecular flexibility index (Phi) is 5.41. The fourth-order valence-electron chi connectivity index (χ4n) is 2.89. The van der Waals surface area contributed by atoms with Gasteiger partial charge in [0.2, 0.25) is 0 Å². The lowest BCUT2D eigenvalue weighted by Crippen LogP contribution is -2.07. The molecule has 2 heterocycles. The summed E-state index contributed by atoms with van der Waals surface area (Å²) >= 11 is 0. The number of hydrogen-bond donors (Lipinski definition) is 1. The minimum atomic E-state index is -0.954. The number of hydrogen-bond acceptors (Lipinski definition) is 4. The number of rotatable bonds is 7. The second-order valence-electron chi connectivity index (χ2n) is 6.24. The van der Waals surface area contributed by atoms with E-state index in [0.29, 0.717) is 17.8 Å².